The summed E-state index contributed by atoms with van der Waals surface area (Å²) in [6.45, 7) is 8.55. The Morgan fingerprint density at radius 2 is 1.82 bits per heavy atom. The van der Waals surface area contributed by atoms with Crippen molar-refractivity contribution in [1.82, 2.24) is 19.7 Å². The number of rotatable bonds is 6. The lowest BCUT2D eigenvalue weighted by Crippen LogP contribution is -2.65. The summed E-state index contributed by atoms with van der Waals surface area (Å²) >= 11 is 0. The van der Waals surface area contributed by atoms with Gasteiger partial charge in [-0.25, -0.2) is 0 Å². The molecular weight excluding hydrogens is 428 g/mol. The quantitative estimate of drug-likeness (QED) is 0.675. The number of carbonyl (C=O) groups excluding carboxylic acids is 2. The Morgan fingerprint density at radius 1 is 1.09 bits per heavy atom. The first-order chi connectivity index (χ1) is 16.4. The van der Waals surface area contributed by atoms with Crippen LogP contribution in [0.3, 0.4) is 0 Å². The second-order valence-corrected chi connectivity index (χ2v) is 11.0. The van der Waals surface area contributed by atoms with E-state index in [1.54, 1.807) is 6.26 Å². The van der Waals surface area contributed by atoms with Crippen molar-refractivity contribution < 1.29 is 14.0 Å². The van der Waals surface area contributed by atoms with Crippen LogP contribution in [0.5, 0.6) is 0 Å². The van der Waals surface area contributed by atoms with Crippen molar-refractivity contribution in [2.45, 2.75) is 109 Å². The van der Waals surface area contributed by atoms with Gasteiger partial charge in [0.15, 0.2) is 5.58 Å². The third-order valence-electron chi connectivity index (χ3n) is 8.65. The highest BCUT2D eigenvalue weighted by atomic mass is 16.3. The SMILES string of the molecule is CC1CCCC(C)N1CCCN1C(=O)c2cc3occc3n2CC1(C)C(=O)NC1CCCCC1. The first-order valence-electron chi connectivity index (χ1n) is 13.3. The van der Waals surface area contributed by atoms with E-state index in [1.807, 2.05) is 28.5 Å². The summed E-state index contributed by atoms with van der Waals surface area (Å²) in [5.41, 5.74) is 1.29. The predicted molar refractivity (Wildman–Crippen MR) is 133 cm³/mol. The van der Waals surface area contributed by atoms with E-state index in [2.05, 4.69) is 24.1 Å². The second kappa shape index (κ2) is 9.40. The highest BCUT2D eigenvalue weighted by molar-refractivity contribution is 6.02. The molecule has 0 radical (unpaired) electrons. The van der Waals surface area contributed by atoms with Crippen LogP contribution in [0.15, 0.2) is 22.8 Å². The molecule has 1 N–H and O–H groups in total. The van der Waals surface area contributed by atoms with Gasteiger partial charge in [-0.2, -0.15) is 0 Å². The largest absolute Gasteiger partial charge is 0.463 e. The molecule has 1 aliphatic carbocycles. The Kier molecular flexibility index (Phi) is 6.49. The number of nitrogens with one attached hydrogen (secondary N) is 1. The van der Waals surface area contributed by atoms with Gasteiger partial charge in [-0.3, -0.25) is 14.5 Å². The van der Waals surface area contributed by atoms with Crippen LogP contribution < -0.4 is 5.32 Å². The molecular formula is C27H40N4O3. The highest BCUT2D eigenvalue weighted by Crippen LogP contribution is 2.33. The number of nitrogens with zero attached hydrogens (tertiary/aromatic N) is 3. The van der Waals surface area contributed by atoms with Gasteiger partial charge in [0.25, 0.3) is 5.91 Å². The average molecular weight is 469 g/mol. The summed E-state index contributed by atoms with van der Waals surface area (Å²) in [7, 11) is 0. The fourth-order valence-corrected chi connectivity index (χ4v) is 6.54. The maximum Gasteiger partial charge on any atom is 0.271 e. The van der Waals surface area contributed by atoms with Gasteiger partial charge in [-0.05, 0) is 52.9 Å². The first kappa shape index (κ1) is 23.5. The van der Waals surface area contributed by atoms with E-state index in [-0.39, 0.29) is 17.9 Å². The highest BCUT2D eigenvalue weighted by Gasteiger charge is 2.48. The molecule has 2 aliphatic heterocycles. The molecule has 34 heavy (non-hydrogen) atoms. The Bertz CT molecular complexity index is 1030. The molecule has 2 fully saturated rings. The van der Waals surface area contributed by atoms with Crippen LogP contribution in [0.1, 0.15) is 89.0 Å². The van der Waals surface area contributed by atoms with Crippen molar-refractivity contribution >= 4 is 22.9 Å². The zero-order chi connectivity index (χ0) is 23.9. The monoisotopic (exact) mass is 468 g/mol. The third kappa shape index (κ3) is 4.16. The Hall–Kier alpha value is -2.28. The molecule has 1 saturated heterocycles. The predicted octanol–water partition coefficient (Wildman–Crippen LogP) is 4.55. The molecule has 0 bridgehead atoms. The summed E-state index contributed by atoms with van der Waals surface area (Å²) in [6.07, 6.45) is 11.9. The maximum atomic E-state index is 13.8. The van der Waals surface area contributed by atoms with Crippen molar-refractivity contribution in [3.63, 3.8) is 0 Å². The topological polar surface area (TPSA) is 70.7 Å². The van der Waals surface area contributed by atoms with E-state index in [0.717, 1.165) is 44.2 Å². The Labute approximate surface area is 202 Å². The lowest BCUT2D eigenvalue weighted by molar-refractivity contribution is -0.133. The standard InChI is InChI=1S/C27H40N4O3/c1-19-9-7-10-20(2)29(19)14-8-15-31-25(32)23-17-24-22(13-16-34-24)30(23)18-27(31,3)26(33)28-21-11-5-4-6-12-21/h13,16-17,19-21H,4-12,14-15,18H2,1-3H3,(H,28,33). The van der Waals surface area contributed by atoms with Crippen molar-refractivity contribution in [3.8, 4) is 0 Å². The fraction of sp³-hybridized carbons (Fsp3) is 0.704. The minimum Gasteiger partial charge on any atom is -0.463 e. The van der Waals surface area contributed by atoms with E-state index >= 15 is 0 Å². The van der Waals surface area contributed by atoms with Crippen LogP contribution in [-0.2, 0) is 11.3 Å². The van der Waals surface area contributed by atoms with Crippen LogP contribution in [0, 0.1) is 0 Å². The summed E-state index contributed by atoms with van der Waals surface area (Å²) in [5.74, 6) is -0.0952. The molecule has 1 saturated carbocycles. The second-order valence-electron chi connectivity index (χ2n) is 11.0. The number of fused-ring (bicyclic) bond motifs is 3. The maximum absolute atomic E-state index is 13.8. The van der Waals surface area contributed by atoms with Crippen molar-refractivity contribution in [1.29, 1.82) is 0 Å². The molecule has 3 aliphatic rings. The molecule has 2 aromatic heterocycles. The minimum atomic E-state index is -0.927. The van der Waals surface area contributed by atoms with Gasteiger partial charge in [-0.1, -0.05) is 25.7 Å². The molecule has 2 amide bonds. The van der Waals surface area contributed by atoms with Crippen LogP contribution >= 0.6 is 0 Å². The number of piperidine rings is 1. The normalized spacial score (nSPS) is 28.9. The van der Waals surface area contributed by atoms with Gasteiger partial charge in [0.05, 0.1) is 18.3 Å². The van der Waals surface area contributed by atoms with Gasteiger partial charge in [0, 0.05) is 43.3 Å². The number of hydrogen-bond donors (Lipinski definition) is 1. The van der Waals surface area contributed by atoms with Crippen LogP contribution in [-0.4, -0.2) is 62.9 Å². The van der Waals surface area contributed by atoms with E-state index in [1.165, 1.54) is 25.7 Å². The molecule has 186 valence electrons. The van der Waals surface area contributed by atoms with Gasteiger partial charge in [0.1, 0.15) is 11.2 Å². The fourth-order valence-electron chi connectivity index (χ4n) is 6.54. The molecule has 2 aromatic rings. The van der Waals surface area contributed by atoms with Crippen molar-refractivity contribution in [2.24, 2.45) is 0 Å². The third-order valence-corrected chi connectivity index (χ3v) is 8.65. The number of furan rings is 1. The molecule has 3 unspecified atom stereocenters. The number of likely N-dealkylation sites (tertiary alicyclic amines) is 1. The van der Waals surface area contributed by atoms with Gasteiger partial charge in [-0.15, -0.1) is 0 Å². The minimum absolute atomic E-state index is 0.0246. The van der Waals surface area contributed by atoms with Gasteiger partial charge < -0.3 is 19.2 Å². The molecule has 7 nitrogen and oxygen atoms in total. The van der Waals surface area contributed by atoms with Crippen LogP contribution in [0.2, 0.25) is 0 Å². The summed E-state index contributed by atoms with van der Waals surface area (Å²) < 4.78 is 7.57. The van der Waals surface area contributed by atoms with E-state index in [4.69, 9.17) is 4.42 Å². The summed E-state index contributed by atoms with van der Waals surface area (Å²) in [6, 6.07) is 5.08. The molecule has 7 heteroatoms. The zero-order valence-corrected chi connectivity index (χ0v) is 21.0. The van der Waals surface area contributed by atoms with E-state index in [0.29, 0.717) is 36.5 Å². The smallest absolute Gasteiger partial charge is 0.271 e. The zero-order valence-electron chi connectivity index (χ0n) is 21.0. The number of hydrogen-bond acceptors (Lipinski definition) is 4. The lowest BCUT2D eigenvalue weighted by atomic mass is 9.91. The molecule has 0 spiro atoms. The van der Waals surface area contributed by atoms with Crippen molar-refractivity contribution in [2.75, 3.05) is 13.1 Å². The number of carbonyl (C=O) groups is 2. The number of amides is 2. The molecule has 4 heterocycles. The number of aromatic nitrogens is 1. The van der Waals surface area contributed by atoms with Crippen molar-refractivity contribution in [3.05, 3.63) is 24.1 Å². The Morgan fingerprint density at radius 3 is 2.56 bits per heavy atom. The summed E-state index contributed by atoms with van der Waals surface area (Å²) in [4.78, 5) is 32.0. The first-order valence-corrected chi connectivity index (χ1v) is 13.3. The molecule has 3 atom stereocenters. The van der Waals surface area contributed by atoms with Gasteiger partial charge in [0.2, 0.25) is 5.91 Å². The Balaban J connectivity index is 1.38. The molecule has 5 rings (SSSR count). The van der Waals surface area contributed by atoms with E-state index < -0.39 is 5.54 Å². The van der Waals surface area contributed by atoms with Crippen LogP contribution in [0.4, 0.5) is 0 Å². The van der Waals surface area contributed by atoms with E-state index in [9.17, 15) is 9.59 Å². The summed E-state index contributed by atoms with van der Waals surface area (Å²) in [5, 5.41) is 3.32. The van der Waals surface area contributed by atoms with Gasteiger partial charge >= 0.3 is 0 Å². The lowest BCUT2D eigenvalue weighted by Gasteiger charge is -2.45. The average Bonchev–Trinajstić information content (AvgIpc) is 3.41. The van der Waals surface area contributed by atoms with Crippen LogP contribution in [0.25, 0.3) is 11.1 Å². The molecule has 0 aromatic carbocycles.